The Morgan fingerprint density at radius 2 is 2.29 bits per heavy atom. The maximum atomic E-state index is 12.5. The van der Waals surface area contributed by atoms with Crippen LogP contribution in [0.3, 0.4) is 0 Å². The first-order chi connectivity index (χ1) is 10.8. The molecule has 1 fully saturated rings. The number of rotatable bonds is 4. The highest BCUT2D eigenvalue weighted by molar-refractivity contribution is 7.13. The third-order valence-electron chi connectivity index (χ3n) is 3.84. The van der Waals surface area contributed by atoms with Crippen molar-refractivity contribution < 1.29 is 4.79 Å². The standard InChI is InChI=1S/C15H19N5OS.2ClH/c1-19(15-18-6-8-22-15)14(21)11-20-7-5-17-10-13(20)12-3-2-4-16-9-12;;/h2-4,6,8-9,13,17H,5,7,10-11H2,1H3;2*1H. The Bertz CT molecular complexity index is 614. The fourth-order valence-electron chi connectivity index (χ4n) is 2.61. The zero-order valence-electron chi connectivity index (χ0n) is 13.3. The van der Waals surface area contributed by atoms with Crippen molar-refractivity contribution in [2.24, 2.45) is 0 Å². The van der Waals surface area contributed by atoms with Crippen LogP contribution in [0, 0.1) is 0 Å². The fraction of sp³-hybridized carbons (Fsp3) is 0.400. The summed E-state index contributed by atoms with van der Waals surface area (Å²) in [5.41, 5.74) is 1.14. The van der Waals surface area contributed by atoms with Gasteiger partial charge in [0.2, 0.25) is 5.91 Å². The Labute approximate surface area is 158 Å². The summed E-state index contributed by atoms with van der Waals surface area (Å²) in [4.78, 5) is 24.7. The number of piperazine rings is 1. The van der Waals surface area contributed by atoms with Gasteiger partial charge in [-0.1, -0.05) is 6.07 Å². The van der Waals surface area contributed by atoms with Crippen molar-refractivity contribution in [3.05, 3.63) is 41.7 Å². The number of nitrogens with one attached hydrogen (secondary N) is 1. The average molecular weight is 390 g/mol. The van der Waals surface area contributed by atoms with E-state index < -0.39 is 0 Å². The number of likely N-dealkylation sites (N-methyl/N-ethyl adjacent to an activating group) is 1. The number of carbonyl (C=O) groups is 1. The molecule has 0 aromatic carbocycles. The fourth-order valence-corrected chi connectivity index (χ4v) is 3.23. The monoisotopic (exact) mass is 389 g/mol. The Morgan fingerprint density at radius 1 is 1.46 bits per heavy atom. The number of nitrogens with zero attached hydrogens (tertiary/aromatic N) is 4. The van der Waals surface area contributed by atoms with Gasteiger partial charge in [-0.25, -0.2) is 4.98 Å². The molecule has 0 aliphatic carbocycles. The van der Waals surface area contributed by atoms with E-state index in [9.17, 15) is 4.79 Å². The van der Waals surface area contributed by atoms with Gasteiger partial charge in [0, 0.05) is 56.7 Å². The smallest absolute Gasteiger partial charge is 0.242 e. The third kappa shape index (κ3) is 4.87. The SMILES string of the molecule is CN(C(=O)CN1CCNCC1c1cccnc1)c1nccs1.Cl.Cl. The average Bonchev–Trinajstić information content (AvgIpc) is 3.10. The molecular formula is C15H21Cl2N5OS. The number of pyridine rings is 1. The van der Waals surface area contributed by atoms with Gasteiger partial charge in [0.1, 0.15) is 0 Å². The second kappa shape index (κ2) is 9.90. The first-order valence-corrected chi connectivity index (χ1v) is 8.14. The molecule has 1 aliphatic rings. The minimum Gasteiger partial charge on any atom is -0.314 e. The van der Waals surface area contributed by atoms with E-state index in [-0.39, 0.29) is 36.8 Å². The van der Waals surface area contributed by atoms with Gasteiger partial charge >= 0.3 is 0 Å². The summed E-state index contributed by atoms with van der Waals surface area (Å²) in [5.74, 6) is 0.0609. The Hall–Kier alpha value is -1.25. The summed E-state index contributed by atoms with van der Waals surface area (Å²) in [6, 6.07) is 4.18. The minimum atomic E-state index is 0. The van der Waals surface area contributed by atoms with E-state index in [0.29, 0.717) is 6.54 Å². The molecule has 9 heteroatoms. The lowest BCUT2D eigenvalue weighted by atomic mass is 10.1. The van der Waals surface area contributed by atoms with Crippen molar-refractivity contribution in [1.82, 2.24) is 20.2 Å². The lowest BCUT2D eigenvalue weighted by molar-refractivity contribution is -0.120. The molecule has 3 heterocycles. The summed E-state index contributed by atoms with van der Waals surface area (Å²) in [7, 11) is 1.78. The van der Waals surface area contributed by atoms with Gasteiger partial charge in [0.15, 0.2) is 5.13 Å². The number of thiazole rings is 1. The first-order valence-electron chi connectivity index (χ1n) is 7.26. The predicted molar refractivity (Wildman–Crippen MR) is 101 cm³/mol. The summed E-state index contributed by atoms with van der Waals surface area (Å²) < 4.78 is 0. The van der Waals surface area contributed by atoms with Crippen LogP contribution in [0.4, 0.5) is 5.13 Å². The van der Waals surface area contributed by atoms with Gasteiger partial charge in [-0.3, -0.25) is 19.6 Å². The van der Waals surface area contributed by atoms with E-state index in [1.807, 2.05) is 17.6 Å². The highest BCUT2D eigenvalue weighted by Crippen LogP contribution is 2.22. The summed E-state index contributed by atoms with van der Waals surface area (Å²) in [5, 5.41) is 6.00. The van der Waals surface area contributed by atoms with E-state index in [0.717, 1.165) is 30.3 Å². The van der Waals surface area contributed by atoms with Crippen LogP contribution < -0.4 is 10.2 Å². The van der Waals surface area contributed by atoms with Crippen LogP contribution in [-0.2, 0) is 4.79 Å². The van der Waals surface area contributed by atoms with Crippen LogP contribution in [0.1, 0.15) is 11.6 Å². The Balaban J connectivity index is 0.00000144. The van der Waals surface area contributed by atoms with Crippen LogP contribution in [0.15, 0.2) is 36.1 Å². The van der Waals surface area contributed by atoms with Crippen molar-refractivity contribution in [2.75, 3.05) is 38.1 Å². The molecule has 1 N–H and O–H groups in total. The third-order valence-corrected chi connectivity index (χ3v) is 4.69. The van der Waals surface area contributed by atoms with E-state index in [2.05, 4.69) is 26.3 Å². The number of carbonyl (C=O) groups excluding carboxylic acids is 1. The maximum Gasteiger partial charge on any atom is 0.242 e. The largest absolute Gasteiger partial charge is 0.314 e. The zero-order chi connectivity index (χ0) is 15.4. The van der Waals surface area contributed by atoms with Gasteiger partial charge in [0.05, 0.1) is 6.54 Å². The molecule has 1 unspecified atom stereocenters. The normalized spacial score (nSPS) is 17.5. The lowest BCUT2D eigenvalue weighted by Crippen LogP contribution is -2.49. The van der Waals surface area contributed by atoms with Crippen LogP contribution in [0.2, 0.25) is 0 Å². The van der Waals surface area contributed by atoms with Crippen molar-refractivity contribution in [1.29, 1.82) is 0 Å². The molecule has 1 aliphatic heterocycles. The molecule has 2 aromatic heterocycles. The second-order valence-corrected chi connectivity index (χ2v) is 6.12. The summed E-state index contributed by atoms with van der Waals surface area (Å²) in [6.07, 6.45) is 5.36. The van der Waals surface area contributed by atoms with Gasteiger partial charge < -0.3 is 5.32 Å². The van der Waals surface area contributed by atoms with Crippen LogP contribution >= 0.6 is 36.2 Å². The quantitative estimate of drug-likeness (QED) is 0.865. The number of hydrogen-bond acceptors (Lipinski definition) is 6. The van der Waals surface area contributed by atoms with Crippen molar-refractivity contribution >= 4 is 47.2 Å². The number of anilines is 1. The van der Waals surface area contributed by atoms with Crippen LogP contribution in [0.25, 0.3) is 0 Å². The zero-order valence-corrected chi connectivity index (χ0v) is 15.7. The molecule has 0 saturated carbocycles. The van der Waals surface area contributed by atoms with E-state index in [1.165, 1.54) is 11.3 Å². The van der Waals surface area contributed by atoms with Crippen LogP contribution in [0.5, 0.6) is 0 Å². The first kappa shape index (κ1) is 20.8. The van der Waals surface area contributed by atoms with Gasteiger partial charge in [-0.15, -0.1) is 36.2 Å². The number of hydrogen-bond donors (Lipinski definition) is 1. The highest BCUT2D eigenvalue weighted by atomic mass is 35.5. The number of aromatic nitrogens is 2. The second-order valence-electron chi connectivity index (χ2n) is 5.24. The molecule has 2 aromatic rings. The van der Waals surface area contributed by atoms with Crippen molar-refractivity contribution in [2.45, 2.75) is 6.04 Å². The summed E-state index contributed by atoms with van der Waals surface area (Å²) in [6.45, 7) is 2.96. The number of halogens is 2. The van der Waals surface area contributed by atoms with Gasteiger partial charge in [0.25, 0.3) is 0 Å². The molecule has 0 spiro atoms. The molecule has 1 atom stereocenters. The topological polar surface area (TPSA) is 61.4 Å². The molecular weight excluding hydrogens is 369 g/mol. The molecule has 132 valence electrons. The minimum absolute atomic E-state index is 0. The molecule has 3 rings (SSSR count). The predicted octanol–water partition coefficient (Wildman–Crippen LogP) is 1.99. The molecule has 1 amide bonds. The lowest BCUT2D eigenvalue weighted by Gasteiger charge is -2.36. The van der Waals surface area contributed by atoms with Crippen molar-refractivity contribution in [3.8, 4) is 0 Å². The molecule has 6 nitrogen and oxygen atoms in total. The molecule has 1 saturated heterocycles. The van der Waals surface area contributed by atoms with E-state index >= 15 is 0 Å². The van der Waals surface area contributed by atoms with Gasteiger partial charge in [-0.2, -0.15) is 0 Å². The van der Waals surface area contributed by atoms with Crippen molar-refractivity contribution in [3.63, 3.8) is 0 Å². The highest BCUT2D eigenvalue weighted by Gasteiger charge is 2.27. The maximum absolute atomic E-state index is 12.5. The van der Waals surface area contributed by atoms with Gasteiger partial charge in [-0.05, 0) is 11.6 Å². The van der Waals surface area contributed by atoms with E-state index in [4.69, 9.17) is 0 Å². The molecule has 24 heavy (non-hydrogen) atoms. The van der Waals surface area contributed by atoms with E-state index in [1.54, 1.807) is 24.3 Å². The summed E-state index contributed by atoms with van der Waals surface area (Å²) >= 11 is 1.47. The Kier molecular flexibility index (Phi) is 8.58. The Morgan fingerprint density at radius 3 is 2.96 bits per heavy atom. The molecule has 0 radical (unpaired) electrons. The molecule has 0 bridgehead atoms. The number of amides is 1. The van der Waals surface area contributed by atoms with Crippen LogP contribution in [-0.4, -0.2) is 54.0 Å².